The molecule has 0 bridgehead atoms. The van der Waals surface area contributed by atoms with Gasteiger partial charge in [0.25, 0.3) is 5.69 Å². The summed E-state index contributed by atoms with van der Waals surface area (Å²) in [6.07, 6.45) is 1.45. The molecular formula is C13H9ClN4O4. The molecule has 2 aromatic rings. The molecule has 2 aromatic carbocycles. The number of nitrogens with zero attached hydrogens (tertiary/aromatic N) is 3. The van der Waals surface area contributed by atoms with Crippen molar-refractivity contribution in [1.82, 2.24) is 0 Å². The second-order valence-corrected chi connectivity index (χ2v) is 4.57. The van der Waals surface area contributed by atoms with E-state index in [0.717, 1.165) is 17.7 Å². The highest BCUT2D eigenvalue weighted by atomic mass is 35.5. The summed E-state index contributed by atoms with van der Waals surface area (Å²) in [4.78, 5) is 20.2. The molecule has 0 heterocycles. The van der Waals surface area contributed by atoms with Crippen LogP contribution in [0.15, 0.2) is 47.6 Å². The average Bonchev–Trinajstić information content (AvgIpc) is 2.49. The minimum Gasteiger partial charge on any atom is -0.272 e. The maximum atomic E-state index is 10.9. The lowest BCUT2D eigenvalue weighted by molar-refractivity contribution is -0.393. The summed E-state index contributed by atoms with van der Waals surface area (Å²) in [6, 6.07) is 10.1. The number of nitro groups is 2. The van der Waals surface area contributed by atoms with Gasteiger partial charge in [-0.05, 0) is 23.8 Å². The lowest BCUT2D eigenvalue weighted by Gasteiger charge is -2.02. The van der Waals surface area contributed by atoms with Crippen LogP contribution in [-0.2, 0) is 0 Å². The fraction of sp³-hybridized carbons (Fsp3) is 0. The van der Waals surface area contributed by atoms with Gasteiger partial charge in [-0.3, -0.25) is 25.7 Å². The summed E-state index contributed by atoms with van der Waals surface area (Å²) < 4.78 is 0. The van der Waals surface area contributed by atoms with Crippen LogP contribution in [0.1, 0.15) is 5.56 Å². The molecule has 8 nitrogen and oxygen atoms in total. The normalized spacial score (nSPS) is 10.6. The maximum Gasteiger partial charge on any atom is 0.301 e. The van der Waals surface area contributed by atoms with Crippen LogP contribution in [-0.4, -0.2) is 16.1 Å². The van der Waals surface area contributed by atoms with Crippen molar-refractivity contribution >= 4 is 34.9 Å². The average molecular weight is 321 g/mol. The molecule has 0 atom stereocenters. The number of benzene rings is 2. The number of nitrogens with one attached hydrogen (secondary N) is 1. The Morgan fingerprint density at radius 1 is 1.05 bits per heavy atom. The van der Waals surface area contributed by atoms with Gasteiger partial charge in [0.1, 0.15) is 5.69 Å². The van der Waals surface area contributed by atoms with Gasteiger partial charge in [0.2, 0.25) is 0 Å². The highest BCUT2D eigenvalue weighted by Gasteiger charge is 2.18. The SMILES string of the molecule is O=[N+]([O-])c1ccc(N/N=C\c2ccc(Cl)cc2)c([N+](=O)[O-])c1. The van der Waals surface area contributed by atoms with Crippen molar-refractivity contribution < 1.29 is 9.85 Å². The minimum absolute atomic E-state index is 0.0563. The monoisotopic (exact) mass is 320 g/mol. The van der Waals surface area contributed by atoms with E-state index in [2.05, 4.69) is 10.5 Å². The molecule has 0 aromatic heterocycles. The van der Waals surface area contributed by atoms with E-state index in [1.807, 2.05) is 0 Å². The molecule has 0 amide bonds. The van der Waals surface area contributed by atoms with E-state index in [1.54, 1.807) is 24.3 Å². The zero-order chi connectivity index (χ0) is 16.1. The number of hydrogen-bond acceptors (Lipinski definition) is 6. The lowest BCUT2D eigenvalue weighted by atomic mass is 10.2. The molecule has 0 fully saturated rings. The first kappa shape index (κ1) is 15.4. The van der Waals surface area contributed by atoms with Crippen molar-refractivity contribution in [3.8, 4) is 0 Å². The van der Waals surface area contributed by atoms with Crippen molar-refractivity contribution in [2.45, 2.75) is 0 Å². The van der Waals surface area contributed by atoms with Gasteiger partial charge < -0.3 is 0 Å². The van der Waals surface area contributed by atoms with Gasteiger partial charge in [-0.25, -0.2) is 0 Å². The highest BCUT2D eigenvalue weighted by Crippen LogP contribution is 2.28. The third-order valence-corrected chi connectivity index (χ3v) is 2.91. The lowest BCUT2D eigenvalue weighted by Crippen LogP contribution is -1.98. The zero-order valence-corrected chi connectivity index (χ0v) is 11.7. The molecule has 0 unspecified atom stereocenters. The van der Waals surface area contributed by atoms with Crippen LogP contribution in [0.25, 0.3) is 0 Å². The van der Waals surface area contributed by atoms with Gasteiger partial charge in [0, 0.05) is 11.1 Å². The van der Waals surface area contributed by atoms with Crippen molar-refractivity contribution in [3.05, 3.63) is 73.3 Å². The maximum absolute atomic E-state index is 10.9. The topological polar surface area (TPSA) is 111 Å². The van der Waals surface area contributed by atoms with E-state index >= 15 is 0 Å². The van der Waals surface area contributed by atoms with Gasteiger partial charge in [-0.15, -0.1) is 0 Å². The van der Waals surface area contributed by atoms with Crippen LogP contribution in [0, 0.1) is 20.2 Å². The summed E-state index contributed by atoms with van der Waals surface area (Å²) in [5.41, 5.74) is 2.50. The van der Waals surface area contributed by atoms with Crippen LogP contribution in [0.5, 0.6) is 0 Å². The van der Waals surface area contributed by atoms with Gasteiger partial charge in [0.05, 0.1) is 22.1 Å². The Bertz CT molecular complexity index is 746. The van der Waals surface area contributed by atoms with E-state index in [4.69, 9.17) is 11.6 Å². The van der Waals surface area contributed by atoms with E-state index in [-0.39, 0.29) is 11.4 Å². The molecule has 0 saturated carbocycles. The van der Waals surface area contributed by atoms with Crippen LogP contribution in [0.4, 0.5) is 17.1 Å². The van der Waals surface area contributed by atoms with Crippen LogP contribution >= 0.6 is 11.6 Å². The molecule has 9 heteroatoms. The predicted molar refractivity (Wildman–Crippen MR) is 82.4 cm³/mol. The fourth-order valence-corrected chi connectivity index (χ4v) is 1.73. The number of non-ortho nitro benzene ring substituents is 1. The molecule has 112 valence electrons. The van der Waals surface area contributed by atoms with Crippen molar-refractivity contribution in [3.63, 3.8) is 0 Å². The molecule has 0 saturated heterocycles. The highest BCUT2D eigenvalue weighted by molar-refractivity contribution is 6.30. The van der Waals surface area contributed by atoms with Crippen molar-refractivity contribution in [1.29, 1.82) is 0 Å². The minimum atomic E-state index is -0.715. The molecule has 0 spiro atoms. The number of anilines is 1. The zero-order valence-electron chi connectivity index (χ0n) is 11.0. The first-order valence-corrected chi connectivity index (χ1v) is 6.32. The Balaban J connectivity index is 2.20. The molecule has 0 aliphatic carbocycles. The van der Waals surface area contributed by atoms with E-state index < -0.39 is 15.5 Å². The smallest absolute Gasteiger partial charge is 0.272 e. The third-order valence-electron chi connectivity index (χ3n) is 2.66. The van der Waals surface area contributed by atoms with E-state index in [9.17, 15) is 20.2 Å². The predicted octanol–water partition coefficient (Wildman–Crippen LogP) is 3.60. The van der Waals surface area contributed by atoms with E-state index in [0.29, 0.717) is 5.02 Å². The van der Waals surface area contributed by atoms with Gasteiger partial charge in [-0.2, -0.15) is 5.10 Å². The first-order valence-electron chi connectivity index (χ1n) is 5.95. The summed E-state index contributed by atoms with van der Waals surface area (Å²) >= 11 is 5.75. The number of hydrazone groups is 1. The number of halogens is 1. The molecule has 1 N–H and O–H groups in total. The standard InChI is InChI=1S/C13H9ClN4O4/c14-10-3-1-9(2-4-10)8-15-16-12-6-5-11(17(19)20)7-13(12)18(21)22/h1-8,16H/b15-8-. The van der Waals surface area contributed by atoms with Crippen LogP contribution in [0.2, 0.25) is 5.02 Å². The van der Waals surface area contributed by atoms with E-state index in [1.165, 1.54) is 12.3 Å². The van der Waals surface area contributed by atoms with Crippen molar-refractivity contribution in [2.75, 3.05) is 5.43 Å². The second kappa shape index (κ2) is 6.64. The molecule has 0 aliphatic heterocycles. The molecule has 0 aliphatic rings. The number of hydrogen-bond donors (Lipinski definition) is 1. The van der Waals surface area contributed by atoms with Crippen LogP contribution < -0.4 is 5.43 Å². The molecular weight excluding hydrogens is 312 g/mol. The Morgan fingerprint density at radius 2 is 1.73 bits per heavy atom. The van der Waals surface area contributed by atoms with Crippen molar-refractivity contribution in [2.24, 2.45) is 5.10 Å². The molecule has 22 heavy (non-hydrogen) atoms. The summed E-state index contributed by atoms with van der Waals surface area (Å²) in [5.74, 6) is 0. The Morgan fingerprint density at radius 3 is 2.32 bits per heavy atom. The quantitative estimate of drug-likeness (QED) is 0.514. The third kappa shape index (κ3) is 3.76. The summed E-state index contributed by atoms with van der Waals surface area (Å²) in [5, 5.41) is 26.0. The largest absolute Gasteiger partial charge is 0.301 e. The van der Waals surface area contributed by atoms with Gasteiger partial charge in [0.15, 0.2) is 0 Å². The number of rotatable bonds is 5. The second-order valence-electron chi connectivity index (χ2n) is 4.14. The summed E-state index contributed by atoms with van der Waals surface area (Å²) in [6.45, 7) is 0. The Labute approximate surface area is 129 Å². The first-order chi connectivity index (χ1) is 10.5. The molecule has 2 rings (SSSR count). The summed E-state index contributed by atoms with van der Waals surface area (Å²) in [7, 11) is 0. The fourth-order valence-electron chi connectivity index (χ4n) is 1.60. The van der Waals surface area contributed by atoms with Crippen LogP contribution in [0.3, 0.4) is 0 Å². The van der Waals surface area contributed by atoms with Gasteiger partial charge >= 0.3 is 5.69 Å². The Hall–Kier alpha value is -3.00. The Kier molecular flexibility index (Phi) is 4.64. The number of nitro benzene ring substituents is 2. The van der Waals surface area contributed by atoms with Gasteiger partial charge in [-0.1, -0.05) is 23.7 Å². The molecule has 0 radical (unpaired) electrons.